The van der Waals surface area contributed by atoms with Gasteiger partial charge in [-0.25, -0.2) is 10.2 Å². The van der Waals surface area contributed by atoms with Gasteiger partial charge in [0.05, 0.1) is 16.1 Å². The average molecular weight is 476 g/mol. The number of anilines is 1. The summed E-state index contributed by atoms with van der Waals surface area (Å²) in [4.78, 5) is 37.2. The predicted octanol–water partition coefficient (Wildman–Crippen LogP) is 4.60. The van der Waals surface area contributed by atoms with E-state index in [1.807, 2.05) is 42.5 Å². The number of ether oxygens (including phenoxy) is 2. The number of para-hydroxylation sites is 1. The first-order chi connectivity index (χ1) is 16.6. The number of hydrogen-bond donors (Lipinski definition) is 3. The molecule has 0 fully saturated rings. The van der Waals surface area contributed by atoms with Crippen molar-refractivity contribution in [3.05, 3.63) is 94.7 Å². The first kappa shape index (κ1) is 22.8. The van der Waals surface area contributed by atoms with Crippen LogP contribution in [0, 0.1) is 0 Å². The van der Waals surface area contributed by atoms with E-state index in [0.717, 1.165) is 10.8 Å². The third kappa shape index (κ3) is 5.90. The SMILES string of the molecule is O=C(NNC(=O)c1ccccc1NC(=O)c1cccs1)OCCOc1ccc2ccccc2c1. The lowest BCUT2D eigenvalue weighted by atomic mass is 10.1. The van der Waals surface area contributed by atoms with Gasteiger partial charge in [0.1, 0.15) is 19.0 Å². The number of nitrogens with one attached hydrogen (secondary N) is 3. The summed E-state index contributed by atoms with van der Waals surface area (Å²) in [6, 6.07) is 23.5. The van der Waals surface area contributed by atoms with Crippen molar-refractivity contribution in [1.82, 2.24) is 10.9 Å². The van der Waals surface area contributed by atoms with E-state index >= 15 is 0 Å². The van der Waals surface area contributed by atoms with Gasteiger partial charge >= 0.3 is 6.09 Å². The van der Waals surface area contributed by atoms with Crippen molar-refractivity contribution in [2.24, 2.45) is 0 Å². The topological polar surface area (TPSA) is 106 Å². The molecule has 34 heavy (non-hydrogen) atoms. The predicted molar refractivity (Wildman–Crippen MR) is 130 cm³/mol. The molecule has 0 atom stereocenters. The average Bonchev–Trinajstić information content (AvgIpc) is 3.41. The molecule has 4 aromatic rings. The summed E-state index contributed by atoms with van der Waals surface area (Å²) >= 11 is 1.29. The second-order valence-electron chi connectivity index (χ2n) is 7.05. The molecule has 1 aromatic heterocycles. The van der Waals surface area contributed by atoms with Gasteiger partial charge in [-0.15, -0.1) is 11.3 Å². The number of thiophene rings is 1. The number of carbonyl (C=O) groups excluding carboxylic acids is 3. The Hall–Kier alpha value is -4.37. The Kier molecular flexibility index (Phi) is 7.36. The fourth-order valence-electron chi connectivity index (χ4n) is 3.14. The molecular weight excluding hydrogens is 454 g/mol. The maximum Gasteiger partial charge on any atom is 0.426 e. The highest BCUT2D eigenvalue weighted by Crippen LogP contribution is 2.20. The van der Waals surface area contributed by atoms with Crippen LogP contribution in [0.4, 0.5) is 10.5 Å². The van der Waals surface area contributed by atoms with E-state index in [1.54, 1.807) is 35.7 Å². The van der Waals surface area contributed by atoms with Crippen LogP contribution in [0.1, 0.15) is 20.0 Å². The van der Waals surface area contributed by atoms with Crippen LogP contribution in [0.3, 0.4) is 0 Å². The quantitative estimate of drug-likeness (QED) is 0.268. The molecule has 9 heteroatoms. The summed E-state index contributed by atoms with van der Waals surface area (Å²) in [5.74, 6) is -0.266. The molecule has 0 unspecified atom stereocenters. The van der Waals surface area contributed by atoms with Crippen molar-refractivity contribution in [1.29, 1.82) is 0 Å². The summed E-state index contributed by atoms with van der Waals surface area (Å²) in [5, 5.41) is 6.64. The smallest absolute Gasteiger partial charge is 0.426 e. The molecule has 172 valence electrons. The third-order valence-electron chi connectivity index (χ3n) is 4.75. The Balaban J connectivity index is 1.22. The summed E-state index contributed by atoms with van der Waals surface area (Å²) < 4.78 is 10.6. The van der Waals surface area contributed by atoms with Crippen molar-refractivity contribution >= 4 is 45.7 Å². The van der Waals surface area contributed by atoms with Crippen molar-refractivity contribution in [3.8, 4) is 5.75 Å². The van der Waals surface area contributed by atoms with Gasteiger partial charge in [-0.3, -0.25) is 15.0 Å². The number of hydrogen-bond acceptors (Lipinski definition) is 6. The standard InChI is InChI=1S/C25H21N3O5S/c29-23(20-8-3-4-9-21(20)26-24(30)22-10-5-15-34-22)27-28-25(31)33-14-13-32-19-12-11-17-6-1-2-7-18(17)16-19/h1-12,15-16H,13-14H2,(H,26,30)(H,27,29)(H,28,31). The maximum absolute atomic E-state index is 12.5. The second-order valence-corrected chi connectivity index (χ2v) is 8.00. The van der Waals surface area contributed by atoms with E-state index in [0.29, 0.717) is 16.3 Å². The molecule has 0 saturated heterocycles. The molecule has 8 nitrogen and oxygen atoms in total. The highest BCUT2D eigenvalue weighted by atomic mass is 32.1. The Morgan fingerprint density at radius 1 is 0.765 bits per heavy atom. The fourth-order valence-corrected chi connectivity index (χ4v) is 3.76. The Morgan fingerprint density at radius 3 is 2.38 bits per heavy atom. The minimum absolute atomic E-state index is 0.0119. The van der Waals surface area contributed by atoms with E-state index in [1.165, 1.54) is 17.4 Å². The normalized spacial score (nSPS) is 10.4. The van der Waals surface area contributed by atoms with Crippen LogP contribution < -0.4 is 20.9 Å². The van der Waals surface area contributed by atoms with E-state index < -0.39 is 12.0 Å². The fraction of sp³-hybridized carbons (Fsp3) is 0.0800. The van der Waals surface area contributed by atoms with Gasteiger partial charge in [0.25, 0.3) is 11.8 Å². The molecule has 0 radical (unpaired) electrons. The molecule has 4 rings (SSSR count). The number of rotatable bonds is 7. The summed E-state index contributed by atoms with van der Waals surface area (Å²) in [6.07, 6.45) is -0.837. The molecule has 0 aliphatic rings. The lowest BCUT2D eigenvalue weighted by Crippen LogP contribution is -2.42. The van der Waals surface area contributed by atoms with Crippen molar-refractivity contribution < 1.29 is 23.9 Å². The van der Waals surface area contributed by atoms with E-state index in [-0.39, 0.29) is 24.7 Å². The highest BCUT2D eigenvalue weighted by Gasteiger charge is 2.15. The first-order valence-electron chi connectivity index (χ1n) is 10.4. The van der Waals surface area contributed by atoms with Gasteiger partial charge in [-0.1, -0.05) is 48.5 Å². The van der Waals surface area contributed by atoms with Gasteiger partial charge in [0.2, 0.25) is 0 Å². The molecule has 0 aliphatic carbocycles. The second kappa shape index (κ2) is 11.0. The van der Waals surface area contributed by atoms with Crippen LogP contribution in [0.25, 0.3) is 10.8 Å². The van der Waals surface area contributed by atoms with Gasteiger partial charge in [0.15, 0.2) is 0 Å². The van der Waals surface area contributed by atoms with Crippen LogP contribution >= 0.6 is 11.3 Å². The summed E-state index contributed by atoms with van der Waals surface area (Å²) in [7, 11) is 0. The number of amides is 3. The molecule has 3 aromatic carbocycles. The molecule has 1 heterocycles. The summed E-state index contributed by atoms with van der Waals surface area (Å²) in [5.41, 5.74) is 4.96. The monoisotopic (exact) mass is 475 g/mol. The molecule has 0 saturated carbocycles. The number of hydrazine groups is 1. The largest absolute Gasteiger partial charge is 0.490 e. The zero-order chi connectivity index (χ0) is 23.8. The van der Waals surface area contributed by atoms with E-state index in [2.05, 4.69) is 16.2 Å². The van der Waals surface area contributed by atoms with Crippen LogP contribution in [-0.2, 0) is 4.74 Å². The van der Waals surface area contributed by atoms with Crippen LogP contribution in [0.2, 0.25) is 0 Å². The summed E-state index contributed by atoms with van der Waals surface area (Å²) in [6.45, 7) is 0.138. The number of carbonyl (C=O) groups is 3. The zero-order valence-electron chi connectivity index (χ0n) is 17.9. The van der Waals surface area contributed by atoms with Gasteiger partial charge < -0.3 is 14.8 Å². The van der Waals surface area contributed by atoms with Gasteiger partial charge in [-0.05, 0) is 46.5 Å². The van der Waals surface area contributed by atoms with E-state index in [9.17, 15) is 14.4 Å². The third-order valence-corrected chi connectivity index (χ3v) is 5.62. The Bertz CT molecular complexity index is 1310. The molecule has 0 spiro atoms. The van der Waals surface area contributed by atoms with Crippen molar-refractivity contribution in [3.63, 3.8) is 0 Å². The van der Waals surface area contributed by atoms with Crippen molar-refractivity contribution in [2.45, 2.75) is 0 Å². The van der Waals surface area contributed by atoms with Gasteiger partial charge in [0, 0.05) is 0 Å². The highest BCUT2D eigenvalue weighted by molar-refractivity contribution is 7.12. The van der Waals surface area contributed by atoms with Crippen LogP contribution in [-0.4, -0.2) is 31.1 Å². The molecule has 0 aliphatic heterocycles. The molecule has 3 N–H and O–H groups in total. The molecule has 0 bridgehead atoms. The Labute approximate surface area is 199 Å². The van der Waals surface area contributed by atoms with Crippen LogP contribution in [0.5, 0.6) is 5.75 Å². The number of benzene rings is 3. The number of fused-ring (bicyclic) bond motifs is 1. The Morgan fingerprint density at radius 2 is 1.56 bits per heavy atom. The van der Waals surface area contributed by atoms with E-state index in [4.69, 9.17) is 9.47 Å². The first-order valence-corrected chi connectivity index (χ1v) is 11.3. The van der Waals surface area contributed by atoms with Crippen molar-refractivity contribution in [2.75, 3.05) is 18.5 Å². The zero-order valence-corrected chi connectivity index (χ0v) is 18.8. The lowest BCUT2D eigenvalue weighted by Gasteiger charge is -2.12. The minimum atomic E-state index is -0.837. The van der Waals surface area contributed by atoms with Crippen LogP contribution in [0.15, 0.2) is 84.2 Å². The molecule has 3 amide bonds. The lowest BCUT2D eigenvalue weighted by molar-refractivity contribution is 0.0897. The van der Waals surface area contributed by atoms with Gasteiger partial charge in [-0.2, -0.15) is 0 Å². The molecular formula is C25H21N3O5S. The minimum Gasteiger partial charge on any atom is -0.490 e. The maximum atomic E-state index is 12.5.